The Morgan fingerprint density at radius 2 is 2.00 bits per heavy atom. The minimum Gasteiger partial charge on any atom is -0.323 e. The van der Waals surface area contributed by atoms with E-state index < -0.39 is 17.5 Å². The van der Waals surface area contributed by atoms with Gasteiger partial charge in [0.2, 0.25) is 5.91 Å². The first-order valence-electron chi connectivity index (χ1n) is 10.2. The number of anilines is 1. The van der Waals surface area contributed by atoms with E-state index in [2.05, 4.69) is 15.7 Å². The van der Waals surface area contributed by atoms with Crippen molar-refractivity contribution in [2.45, 2.75) is 44.7 Å². The number of carbonyl (C=O) groups is 3. The van der Waals surface area contributed by atoms with Gasteiger partial charge in [0.05, 0.1) is 12.7 Å². The Bertz CT molecular complexity index is 1020. The lowest BCUT2D eigenvalue weighted by molar-refractivity contribution is -0.136. The van der Waals surface area contributed by atoms with Crippen LogP contribution in [0, 0.1) is 5.92 Å². The predicted octanol–water partition coefficient (Wildman–Crippen LogP) is 3.68. The fourth-order valence-electron chi connectivity index (χ4n) is 4.36. The predicted molar refractivity (Wildman–Crippen MR) is 117 cm³/mol. The van der Waals surface area contributed by atoms with Crippen molar-refractivity contribution in [3.05, 3.63) is 46.1 Å². The number of imide groups is 1. The van der Waals surface area contributed by atoms with E-state index in [1.54, 1.807) is 28.9 Å². The van der Waals surface area contributed by atoms with Gasteiger partial charge >= 0.3 is 6.03 Å². The molecule has 2 aliphatic rings. The number of hydrogen-bond acceptors (Lipinski definition) is 4. The zero-order valence-electron chi connectivity index (χ0n) is 17.0. The molecule has 1 saturated carbocycles. The van der Waals surface area contributed by atoms with Crippen molar-refractivity contribution < 1.29 is 14.4 Å². The van der Waals surface area contributed by atoms with Gasteiger partial charge in [-0.2, -0.15) is 5.10 Å². The Morgan fingerprint density at radius 1 is 1.26 bits per heavy atom. The highest BCUT2D eigenvalue weighted by molar-refractivity contribution is 6.36. The second-order valence-corrected chi connectivity index (χ2v) is 8.88. The Hall–Kier alpha value is -2.58. The van der Waals surface area contributed by atoms with E-state index in [4.69, 9.17) is 23.2 Å². The quantitative estimate of drug-likeness (QED) is 0.660. The van der Waals surface area contributed by atoms with Gasteiger partial charge in [0.1, 0.15) is 17.9 Å². The Balaban J connectivity index is 1.45. The van der Waals surface area contributed by atoms with Crippen molar-refractivity contribution in [2.75, 3.05) is 11.9 Å². The number of urea groups is 1. The lowest BCUT2D eigenvalue weighted by atomic mass is 9.73. The van der Waals surface area contributed by atoms with Gasteiger partial charge in [0.25, 0.3) is 5.91 Å². The zero-order valence-corrected chi connectivity index (χ0v) is 18.5. The average molecular weight is 464 g/mol. The molecule has 2 atom stereocenters. The summed E-state index contributed by atoms with van der Waals surface area (Å²) in [6.07, 6.45) is 4.91. The first-order chi connectivity index (χ1) is 14.8. The van der Waals surface area contributed by atoms with Crippen LogP contribution in [0.3, 0.4) is 0 Å². The van der Waals surface area contributed by atoms with E-state index in [1.165, 1.54) is 6.20 Å². The number of benzene rings is 1. The summed E-state index contributed by atoms with van der Waals surface area (Å²) < 4.78 is 1.54. The second kappa shape index (κ2) is 8.51. The molecule has 2 fully saturated rings. The first kappa shape index (κ1) is 21.6. The van der Waals surface area contributed by atoms with Crippen molar-refractivity contribution >= 4 is 46.9 Å². The van der Waals surface area contributed by atoms with Crippen molar-refractivity contribution in [1.82, 2.24) is 20.0 Å². The third kappa shape index (κ3) is 4.02. The molecule has 4 amide bonds. The molecule has 2 aromatic rings. The molecule has 2 unspecified atom stereocenters. The normalized spacial score (nSPS) is 23.3. The van der Waals surface area contributed by atoms with E-state index in [1.807, 2.05) is 6.92 Å². The Kier molecular flexibility index (Phi) is 5.94. The minimum absolute atomic E-state index is 0.0348. The number of carbonyl (C=O) groups excluding carboxylic acids is 3. The molecule has 1 aliphatic heterocycles. The topological polar surface area (TPSA) is 96.3 Å². The van der Waals surface area contributed by atoms with E-state index in [0.717, 1.165) is 24.2 Å². The molecule has 1 aliphatic carbocycles. The van der Waals surface area contributed by atoms with E-state index in [-0.39, 0.29) is 24.9 Å². The third-order valence-corrected chi connectivity index (χ3v) is 6.86. The second-order valence-electron chi connectivity index (χ2n) is 8.06. The molecular formula is C21H23Cl2N5O3. The molecule has 10 heteroatoms. The number of amides is 4. The fourth-order valence-corrected chi connectivity index (χ4v) is 4.88. The molecule has 4 rings (SSSR count). The summed E-state index contributed by atoms with van der Waals surface area (Å²) in [5, 5.41) is 10.8. The van der Waals surface area contributed by atoms with Crippen molar-refractivity contribution in [3.63, 3.8) is 0 Å². The smallest absolute Gasteiger partial charge is 0.323 e. The monoisotopic (exact) mass is 463 g/mol. The lowest BCUT2D eigenvalue weighted by Crippen LogP contribution is -2.54. The van der Waals surface area contributed by atoms with Gasteiger partial charge in [-0.25, -0.2) is 9.48 Å². The molecule has 1 aromatic heterocycles. The van der Waals surface area contributed by atoms with Crippen LogP contribution in [0.1, 0.15) is 38.2 Å². The summed E-state index contributed by atoms with van der Waals surface area (Å²) in [5.41, 5.74) is -0.217. The highest BCUT2D eigenvalue weighted by Crippen LogP contribution is 2.38. The molecular weight excluding hydrogens is 441 g/mol. The average Bonchev–Trinajstić information content (AvgIpc) is 3.25. The van der Waals surface area contributed by atoms with Crippen molar-refractivity contribution in [2.24, 2.45) is 5.92 Å². The number of rotatable bonds is 5. The summed E-state index contributed by atoms with van der Waals surface area (Å²) in [6.45, 7) is 1.86. The lowest BCUT2D eigenvalue weighted by Gasteiger charge is -2.36. The Morgan fingerprint density at radius 3 is 2.71 bits per heavy atom. The van der Waals surface area contributed by atoms with Gasteiger partial charge in [-0.3, -0.25) is 14.5 Å². The summed E-state index contributed by atoms with van der Waals surface area (Å²) in [6, 6.07) is 6.30. The standard InChI is InChI=1S/C21H23Cl2N5O3/c1-13-5-2-3-9-21(13)19(30)27(20(31)26-21)12-18(29)25-17-8-10-24-28(17)11-14-15(22)6-4-7-16(14)23/h4,6-8,10,13H,2-3,5,9,11-12H2,1H3,(H,25,29)(H,26,31). The number of aromatic nitrogens is 2. The molecule has 164 valence electrons. The fraction of sp³-hybridized carbons (Fsp3) is 0.429. The van der Waals surface area contributed by atoms with Crippen molar-refractivity contribution in [3.8, 4) is 0 Å². The largest absolute Gasteiger partial charge is 0.325 e. The van der Waals surface area contributed by atoms with Crippen LogP contribution in [0.2, 0.25) is 10.0 Å². The van der Waals surface area contributed by atoms with Crippen molar-refractivity contribution in [1.29, 1.82) is 0 Å². The molecule has 1 saturated heterocycles. The summed E-state index contributed by atoms with van der Waals surface area (Å²) in [5.74, 6) is -0.367. The molecule has 2 heterocycles. The summed E-state index contributed by atoms with van der Waals surface area (Å²) >= 11 is 12.5. The van der Waals surface area contributed by atoms with E-state index >= 15 is 0 Å². The molecule has 2 N–H and O–H groups in total. The third-order valence-electron chi connectivity index (χ3n) is 6.16. The maximum Gasteiger partial charge on any atom is 0.325 e. The molecule has 0 radical (unpaired) electrons. The van der Waals surface area contributed by atoms with Gasteiger partial charge in [-0.1, -0.05) is 49.0 Å². The van der Waals surface area contributed by atoms with Crippen LogP contribution in [0.4, 0.5) is 10.6 Å². The van der Waals surface area contributed by atoms with E-state index in [0.29, 0.717) is 27.8 Å². The van der Waals surface area contributed by atoms with Gasteiger partial charge in [0, 0.05) is 21.7 Å². The van der Waals surface area contributed by atoms with Crippen LogP contribution in [-0.4, -0.2) is 44.6 Å². The summed E-state index contributed by atoms with van der Waals surface area (Å²) in [4.78, 5) is 39.2. The SMILES string of the molecule is CC1CCCCC12NC(=O)N(CC(=O)Nc1ccnn1Cc1c(Cl)cccc1Cl)C2=O. The minimum atomic E-state index is -0.891. The van der Waals surface area contributed by atoms with Crippen LogP contribution < -0.4 is 10.6 Å². The Labute approximate surface area is 189 Å². The van der Waals surface area contributed by atoms with Crippen LogP contribution in [0.25, 0.3) is 0 Å². The highest BCUT2D eigenvalue weighted by atomic mass is 35.5. The maximum atomic E-state index is 13.0. The van der Waals surface area contributed by atoms with E-state index in [9.17, 15) is 14.4 Å². The molecule has 8 nitrogen and oxygen atoms in total. The van der Waals surface area contributed by atoms with Gasteiger partial charge < -0.3 is 10.6 Å². The number of nitrogens with one attached hydrogen (secondary N) is 2. The number of hydrogen-bond donors (Lipinski definition) is 2. The van der Waals surface area contributed by atoms with Crippen LogP contribution in [-0.2, 0) is 16.1 Å². The molecule has 1 spiro atoms. The van der Waals surface area contributed by atoms with Crippen LogP contribution in [0.5, 0.6) is 0 Å². The number of nitrogens with zero attached hydrogens (tertiary/aromatic N) is 3. The molecule has 0 bridgehead atoms. The highest BCUT2D eigenvalue weighted by Gasteiger charge is 2.55. The van der Waals surface area contributed by atoms with Gasteiger partial charge in [0.15, 0.2) is 0 Å². The van der Waals surface area contributed by atoms with Gasteiger partial charge in [-0.15, -0.1) is 0 Å². The summed E-state index contributed by atoms with van der Waals surface area (Å²) in [7, 11) is 0. The van der Waals surface area contributed by atoms with Crippen LogP contribution >= 0.6 is 23.2 Å². The maximum absolute atomic E-state index is 13.0. The van der Waals surface area contributed by atoms with Gasteiger partial charge in [-0.05, 0) is 30.9 Å². The first-order valence-corrected chi connectivity index (χ1v) is 11.0. The van der Waals surface area contributed by atoms with Crippen LogP contribution in [0.15, 0.2) is 30.5 Å². The zero-order chi connectivity index (χ0) is 22.2. The molecule has 31 heavy (non-hydrogen) atoms. The number of halogens is 2. The molecule has 1 aromatic carbocycles.